The van der Waals surface area contributed by atoms with E-state index in [9.17, 15) is 4.79 Å². The molecule has 3 rings (SSSR count). The van der Waals surface area contributed by atoms with Crippen molar-refractivity contribution < 1.29 is 9.53 Å². The number of ether oxygens (including phenoxy) is 1. The van der Waals surface area contributed by atoms with Crippen molar-refractivity contribution in [2.24, 2.45) is 0 Å². The van der Waals surface area contributed by atoms with Crippen LogP contribution in [-0.4, -0.2) is 23.0 Å². The number of esters is 1. The van der Waals surface area contributed by atoms with Gasteiger partial charge in [0.1, 0.15) is 5.82 Å². The van der Waals surface area contributed by atoms with Crippen LogP contribution in [-0.2, 0) is 4.74 Å². The van der Waals surface area contributed by atoms with Gasteiger partial charge in [-0.05, 0) is 30.3 Å². The number of carbonyl (C=O) groups excluding carboxylic acids is 1. The normalized spacial score (nSPS) is 10.4. The van der Waals surface area contributed by atoms with E-state index in [0.29, 0.717) is 23.0 Å². The lowest BCUT2D eigenvalue weighted by Crippen LogP contribution is -2.04. The highest BCUT2D eigenvalue weighted by Gasteiger charge is 2.08. The Hall–Kier alpha value is -3.15. The molecule has 3 N–H and O–H groups in total. The fourth-order valence-corrected chi connectivity index (χ4v) is 2.13. The fourth-order valence-electron chi connectivity index (χ4n) is 2.13. The second kappa shape index (κ2) is 5.69. The molecule has 0 aliphatic rings. The van der Waals surface area contributed by atoms with Gasteiger partial charge in [0.25, 0.3) is 0 Å². The first-order valence-corrected chi connectivity index (χ1v) is 6.65. The van der Waals surface area contributed by atoms with Gasteiger partial charge in [0.05, 0.1) is 18.2 Å². The zero-order chi connectivity index (χ0) is 15.5. The Balaban J connectivity index is 1.95. The van der Waals surface area contributed by atoms with Crippen molar-refractivity contribution in [3.8, 4) is 0 Å². The third-order valence-corrected chi connectivity index (χ3v) is 3.17. The summed E-state index contributed by atoms with van der Waals surface area (Å²) >= 11 is 0. The molecule has 3 aromatic rings. The van der Waals surface area contributed by atoms with E-state index in [2.05, 4.69) is 15.3 Å². The van der Waals surface area contributed by atoms with E-state index in [1.54, 1.807) is 24.3 Å². The molecule has 1 aromatic heterocycles. The topological polar surface area (TPSA) is 90.1 Å². The molecule has 0 spiro atoms. The molecule has 0 saturated carbocycles. The summed E-state index contributed by atoms with van der Waals surface area (Å²) in [6.45, 7) is 0. The Morgan fingerprint density at radius 2 is 1.95 bits per heavy atom. The van der Waals surface area contributed by atoms with Gasteiger partial charge in [-0.3, -0.25) is 0 Å². The Morgan fingerprint density at radius 3 is 2.77 bits per heavy atom. The fraction of sp³-hybridized carbons (Fsp3) is 0.0625. The zero-order valence-electron chi connectivity index (χ0n) is 11.9. The molecule has 0 aliphatic carbocycles. The maximum absolute atomic E-state index is 11.5. The van der Waals surface area contributed by atoms with Gasteiger partial charge in [0.15, 0.2) is 0 Å². The summed E-state index contributed by atoms with van der Waals surface area (Å²) in [5.74, 6) is 0.373. The van der Waals surface area contributed by atoms with Crippen molar-refractivity contribution in [2.75, 3.05) is 18.2 Å². The minimum absolute atomic E-state index is 0.373. The molecule has 1 heterocycles. The number of para-hydroxylation sites is 1. The molecule has 0 unspecified atom stereocenters. The van der Waals surface area contributed by atoms with Gasteiger partial charge in [-0.1, -0.05) is 18.2 Å². The van der Waals surface area contributed by atoms with Crippen LogP contribution in [0.5, 0.6) is 0 Å². The molecule has 0 atom stereocenters. The summed E-state index contributed by atoms with van der Waals surface area (Å²) in [5, 5.41) is 3.85. The molecule has 0 radical (unpaired) electrons. The van der Waals surface area contributed by atoms with E-state index >= 15 is 0 Å². The number of nitrogens with one attached hydrogen (secondary N) is 1. The molecule has 110 valence electrons. The Kier molecular flexibility index (Phi) is 3.57. The van der Waals surface area contributed by atoms with E-state index in [1.165, 1.54) is 7.11 Å². The van der Waals surface area contributed by atoms with Gasteiger partial charge in [0, 0.05) is 11.1 Å². The minimum atomic E-state index is -0.400. The third-order valence-electron chi connectivity index (χ3n) is 3.17. The lowest BCUT2D eigenvalue weighted by Gasteiger charge is -2.08. The molecule has 0 aliphatic heterocycles. The molecule has 6 heteroatoms. The van der Waals surface area contributed by atoms with Crippen LogP contribution in [0.4, 0.5) is 17.5 Å². The highest BCUT2D eigenvalue weighted by Crippen LogP contribution is 2.21. The first-order chi connectivity index (χ1) is 10.7. The number of hydrogen-bond donors (Lipinski definition) is 2. The van der Waals surface area contributed by atoms with E-state index < -0.39 is 5.97 Å². The number of carbonyl (C=O) groups is 1. The van der Waals surface area contributed by atoms with Crippen molar-refractivity contribution in [3.63, 3.8) is 0 Å². The number of benzene rings is 2. The molecule has 2 aromatic carbocycles. The second-order valence-corrected chi connectivity index (χ2v) is 4.65. The Bertz CT molecular complexity index is 848. The predicted octanol–water partition coefficient (Wildman–Crippen LogP) is 2.74. The zero-order valence-corrected chi connectivity index (χ0v) is 11.9. The SMILES string of the molecule is COC(=O)c1cccc(Nc2nc(N)c3ccccc3n2)c1. The highest BCUT2D eigenvalue weighted by molar-refractivity contribution is 5.91. The van der Waals surface area contributed by atoms with Crippen LogP contribution in [0.1, 0.15) is 10.4 Å². The molecular formula is C16H14N4O2. The number of methoxy groups -OCH3 is 1. The monoisotopic (exact) mass is 294 g/mol. The van der Waals surface area contributed by atoms with Gasteiger partial charge in [0.2, 0.25) is 5.95 Å². The first kappa shape index (κ1) is 13.8. The van der Waals surface area contributed by atoms with Gasteiger partial charge in [-0.2, -0.15) is 4.98 Å². The Morgan fingerprint density at radius 1 is 1.14 bits per heavy atom. The molecule has 22 heavy (non-hydrogen) atoms. The standard InChI is InChI=1S/C16H14N4O2/c1-22-15(21)10-5-4-6-11(9-10)18-16-19-13-8-3-2-7-12(13)14(17)20-16/h2-9H,1H3,(H3,17,18,19,20). The van der Waals surface area contributed by atoms with Crippen molar-refractivity contribution >= 4 is 34.3 Å². The van der Waals surface area contributed by atoms with E-state index in [4.69, 9.17) is 10.5 Å². The highest BCUT2D eigenvalue weighted by atomic mass is 16.5. The maximum Gasteiger partial charge on any atom is 0.337 e. The van der Waals surface area contributed by atoms with E-state index in [-0.39, 0.29) is 0 Å². The van der Waals surface area contributed by atoms with Crippen molar-refractivity contribution in [2.45, 2.75) is 0 Å². The second-order valence-electron chi connectivity index (χ2n) is 4.65. The van der Waals surface area contributed by atoms with Crippen LogP contribution < -0.4 is 11.1 Å². The summed E-state index contributed by atoms with van der Waals surface area (Å²) in [4.78, 5) is 20.2. The number of fused-ring (bicyclic) bond motifs is 1. The summed E-state index contributed by atoms with van der Waals surface area (Å²) in [6, 6.07) is 14.4. The van der Waals surface area contributed by atoms with Gasteiger partial charge in [-0.15, -0.1) is 0 Å². The van der Waals surface area contributed by atoms with Gasteiger partial charge >= 0.3 is 5.97 Å². The van der Waals surface area contributed by atoms with Crippen LogP contribution >= 0.6 is 0 Å². The summed E-state index contributed by atoms with van der Waals surface area (Å²) < 4.78 is 4.70. The van der Waals surface area contributed by atoms with Crippen molar-refractivity contribution in [1.29, 1.82) is 0 Å². The van der Waals surface area contributed by atoms with Crippen LogP contribution in [0.2, 0.25) is 0 Å². The minimum Gasteiger partial charge on any atom is -0.465 e. The lowest BCUT2D eigenvalue weighted by atomic mass is 10.2. The molecular weight excluding hydrogens is 280 g/mol. The number of hydrogen-bond acceptors (Lipinski definition) is 6. The molecule has 0 amide bonds. The van der Waals surface area contributed by atoms with Crippen molar-refractivity contribution in [3.05, 3.63) is 54.1 Å². The molecule has 0 saturated heterocycles. The van der Waals surface area contributed by atoms with Gasteiger partial charge < -0.3 is 15.8 Å². The summed E-state index contributed by atoms with van der Waals surface area (Å²) in [5.41, 5.74) is 7.82. The predicted molar refractivity (Wildman–Crippen MR) is 85.0 cm³/mol. The number of aromatic nitrogens is 2. The lowest BCUT2D eigenvalue weighted by molar-refractivity contribution is 0.0601. The molecule has 0 fully saturated rings. The third kappa shape index (κ3) is 2.67. The average molecular weight is 294 g/mol. The smallest absolute Gasteiger partial charge is 0.337 e. The van der Waals surface area contributed by atoms with Crippen LogP contribution in [0.3, 0.4) is 0 Å². The van der Waals surface area contributed by atoms with Crippen LogP contribution in [0.25, 0.3) is 10.9 Å². The number of nitrogens with two attached hydrogens (primary N) is 1. The largest absolute Gasteiger partial charge is 0.465 e. The van der Waals surface area contributed by atoms with Crippen molar-refractivity contribution in [1.82, 2.24) is 9.97 Å². The number of anilines is 3. The van der Waals surface area contributed by atoms with Gasteiger partial charge in [-0.25, -0.2) is 9.78 Å². The number of nitrogen functional groups attached to an aromatic ring is 1. The van der Waals surface area contributed by atoms with Crippen LogP contribution in [0, 0.1) is 0 Å². The van der Waals surface area contributed by atoms with E-state index in [0.717, 1.165) is 10.9 Å². The van der Waals surface area contributed by atoms with Crippen LogP contribution in [0.15, 0.2) is 48.5 Å². The molecule has 0 bridgehead atoms. The quantitative estimate of drug-likeness (QED) is 0.722. The first-order valence-electron chi connectivity index (χ1n) is 6.65. The Labute approximate surface area is 127 Å². The summed E-state index contributed by atoms with van der Waals surface area (Å²) in [6.07, 6.45) is 0. The number of rotatable bonds is 3. The number of nitrogens with zero attached hydrogens (tertiary/aromatic N) is 2. The average Bonchev–Trinajstić information content (AvgIpc) is 2.54. The van der Waals surface area contributed by atoms with E-state index in [1.807, 2.05) is 24.3 Å². The molecule has 6 nitrogen and oxygen atoms in total. The summed E-state index contributed by atoms with van der Waals surface area (Å²) in [7, 11) is 1.34. The maximum atomic E-state index is 11.5.